The Labute approximate surface area is 175 Å². The fraction of sp³-hybridized carbons (Fsp3) is 0.591. The molecule has 5 rings (SSSR count). The van der Waals surface area contributed by atoms with E-state index in [2.05, 4.69) is 21.2 Å². The van der Waals surface area contributed by atoms with Crippen molar-refractivity contribution < 1.29 is 9.53 Å². The minimum Gasteiger partial charge on any atom is -0.368 e. The van der Waals surface area contributed by atoms with Gasteiger partial charge in [-0.15, -0.1) is 0 Å². The number of aromatic nitrogens is 3. The van der Waals surface area contributed by atoms with E-state index in [9.17, 15) is 9.59 Å². The molecule has 0 spiro atoms. The molecular formula is C22H29N5O3. The van der Waals surface area contributed by atoms with Crippen molar-refractivity contribution in [1.82, 2.24) is 24.6 Å². The molecule has 2 saturated heterocycles. The van der Waals surface area contributed by atoms with Gasteiger partial charge < -0.3 is 14.2 Å². The standard InChI is InChI=1S/C22H29N5O3/c1-25(14-18-6-7-23-24-18)12-16-4-5-19-17-9-15(11-27(19)21(16)28)10-26(13-17)22(29)20-3-2-8-30-20/h4-7,15,17,20H,2-3,8-14H2,1H3,(H,23,24)/t15-,17+,20-/m0/s1. The average molecular weight is 412 g/mol. The van der Waals surface area contributed by atoms with Crippen molar-refractivity contribution in [2.45, 2.75) is 50.9 Å². The van der Waals surface area contributed by atoms with Gasteiger partial charge in [-0.1, -0.05) is 6.07 Å². The van der Waals surface area contributed by atoms with Gasteiger partial charge in [0.1, 0.15) is 6.10 Å². The smallest absolute Gasteiger partial charge is 0.255 e. The molecule has 30 heavy (non-hydrogen) atoms. The molecule has 0 saturated carbocycles. The number of fused-ring (bicyclic) bond motifs is 4. The number of piperidine rings is 1. The molecule has 0 aromatic carbocycles. The number of hydrogen-bond acceptors (Lipinski definition) is 5. The Morgan fingerprint density at radius 2 is 2.17 bits per heavy atom. The van der Waals surface area contributed by atoms with Crippen molar-refractivity contribution >= 4 is 5.91 Å². The van der Waals surface area contributed by atoms with Crippen LogP contribution in [0.4, 0.5) is 0 Å². The molecule has 2 aromatic rings. The van der Waals surface area contributed by atoms with Gasteiger partial charge in [0.05, 0.1) is 0 Å². The topological polar surface area (TPSA) is 83.5 Å². The first kappa shape index (κ1) is 19.5. The predicted octanol–water partition coefficient (Wildman–Crippen LogP) is 1.33. The molecule has 0 unspecified atom stereocenters. The molecular weight excluding hydrogens is 382 g/mol. The molecule has 0 aliphatic carbocycles. The summed E-state index contributed by atoms with van der Waals surface area (Å²) in [6.45, 7) is 4.10. The number of rotatable bonds is 5. The SMILES string of the molecule is CN(Cc1ccn[nH]1)Cc1ccc2n(c1=O)C[C@H]1C[C@@H]2CN(C(=O)[C@@H]2CCCO2)C1. The summed E-state index contributed by atoms with van der Waals surface area (Å²) in [5.74, 6) is 0.694. The second-order valence-electron chi connectivity index (χ2n) is 9.00. The number of amides is 1. The van der Waals surface area contributed by atoms with Crippen molar-refractivity contribution in [2.24, 2.45) is 5.92 Å². The molecule has 8 heteroatoms. The molecule has 1 amide bonds. The van der Waals surface area contributed by atoms with Gasteiger partial charge in [-0.25, -0.2) is 0 Å². The van der Waals surface area contributed by atoms with Gasteiger partial charge in [0.25, 0.3) is 11.5 Å². The number of carbonyl (C=O) groups is 1. The lowest BCUT2D eigenvalue weighted by molar-refractivity contribution is -0.143. The van der Waals surface area contributed by atoms with Gasteiger partial charge in [0, 0.05) is 68.4 Å². The van der Waals surface area contributed by atoms with E-state index in [1.165, 1.54) is 0 Å². The number of pyridine rings is 1. The summed E-state index contributed by atoms with van der Waals surface area (Å²) in [5, 5.41) is 6.94. The van der Waals surface area contributed by atoms with Crippen LogP contribution < -0.4 is 5.56 Å². The first-order chi connectivity index (χ1) is 14.6. The van der Waals surface area contributed by atoms with Gasteiger partial charge in [0.2, 0.25) is 0 Å². The Kier molecular flexibility index (Phi) is 5.20. The van der Waals surface area contributed by atoms with Crippen LogP contribution in [0.5, 0.6) is 0 Å². The molecule has 2 fully saturated rings. The van der Waals surface area contributed by atoms with Crippen LogP contribution in [0, 0.1) is 5.92 Å². The molecule has 2 bridgehead atoms. The number of ether oxygens (including phenoxy) is 1. The predicted molar refractivity (Wildman–Crippen MR) is 111 cm³/mol. The third-order valence-electron chi connectivity index (χ3n) is 6.64. The largest absolute Gasteiger partial charge is 0.368 e. The lowest BCUT2D eigenvalue weighted by Gasteiger charge is -2.43. The molecule has 3 aliphatic heterocycles. The third-order valence-corrected chi connectivity index (χ3v) is 6.64. The minimum atomic E-state index is -0.265. The van der Waals surface area contributed by atoms with Crippen LogP contribution in [0.15, 0.2) is 29.2 Å². The van der Waals surface area contributed by atoms with Crippen molar-refractivity contribution in [3.63, 3.8) is 0 Å². The normalized spacial score (nSPS) is 25.5. The minimum absolute atomic E-state index is 0.109. The number of aromatic amines is 1. The van der Waals surface area contributed by atoms with Crippen LogP contribution >= 0.6 is 0 Å². The molecule has 160 valence electrons. The molecule has 2 aromatic heterocycles. The quantitative estimate of drug-likeness (QED) is 0.803. The summed E-state index contributed by atoms with van der Waals surface area (Å²) < 4.78 is 7.58. The second-order valence-corrected chi connectivity index (χ2v) is 9.00. The zero-order valence-electron chi connectivity index (χ0n) is 17.4. The van der Waals surface area contributed by atoms with Crippen LogP contribution in [-0.2, 0) is 29.2 Å². The summed E-state index contributed by atoms with van der Waals surface area (Å²) in [6, 6.07) is 6.02. The Morgan fingerprint density at radius 3 is 2.93 bits per heavy atom. The number of likely N-dealkylation sites (tertiary alicyclic amines) is 1. The van der Waals surface area contributed by atoms with Crippen molar-refractivity contribution in [1.29, 1.82) is 0 Å². The maximum Gasteiger partial charge on any atom is 0.255 e. The van der Waals surface area contributed by atoms with E-state index < -0.39 is 0 Å². The number of hydrogen-bond donors (Lipinski definition) is 1. The Balaban J connectivity index is 1.32. The van der Waals surface area contributed by atoms with Crippen LogP contribution in [0.2, 0.25) is 0 Å². The number of H-pyrrole nitrogens is 1. The highest BCUT2D eigenvalue weighted by atomic mass is 16.5. The Hall–Kier alpha value is -2.45. The summed E-state index contributed by atoms with van der Waals surface area (Å²) in [7, 11) is 2.01. The zero-order valence-corrected chi connectivity index (χ0v) is 17.4. The zero-order chi connectivity index (χ0) is 20.7. The van der Waals surface area contributed by atoms with Crippen molar-refractivity contribution in [3.05, 3.63) is 51.7 Å². The maximum absolute atomic E-state index is 13.2. The number of nitrogens with zero attached hydrogens (tertiary/aromatic N) is 4. The first-order valence-electron chi connectivity index (χ1n) is 10.9. The van der Waals surface area contributed by atoms with Crippen LogP contribution in [0.25, 0.3) is 0 Å². The van der Waals surface area contributed by atoms with Gasteiger partial charge in [0.15, 0.2) is 0 Å². The highest BCUT2D eigenvalue weighted by Crippen LogP contribution is 2.36. The van der Waals surface area contributed by atoms with Gasteiger partial charge in [-0.2, -0.15) is 5.10 Å². The maximum atomic E-state index is 13.2. The monoisotopic (exact) mass is 411 g/mol. The number of carbonyl (C=O) groups excluding carboxylic acids is 1. The molecule has 5 heterocycles. The highest BCUT2D eigenvalue weighted by molar-refractivity contribution is 5.81. The average Bonchev–Trinajstić information content (AvgIpc) is 3.44. The van der Waals surface area contributed by atoms with E-state index in [1.807, 2.05) is 28.6 Å². The number of nitrogens with one attached hydrogen (secondary N) is 1. The van der Waals surface area contributed by atoms with Gasteiger partial charge >= 0.3 is 0 Å². The van der Waals surface area contributed by atoms with E-state index in [1.54, 1.807) is 6.20 Å². The fourth-order valence-corrected chi connectivity index (χ4v) is 5.28. The van der Waals surface area contributed by atoms with Gasteiger partial charge in [-0.05, 0) is 44.4 Å². The van der Waals surface area contributed by atoms with E-state index in [4.69, 9.17) is 4.74 Å². The summed E-state index contributed by atoms with van der Waals surface area (Å²) in [5.41, 5.74) is 3.02. The molecule has 3 atom stereocenters. The van der Waals surface area contributed by atoms with E-state index in [0.29, 0.717) is 38.7 Å². The van der Waals surface area contributed by atoms with Crippen molar-refractivity contribution in [3.8, 4) is 0 Å². The first-order valence-corrected chi connectivity index (χ1v) is 10.9. The molecule has 0 radical (unpaired) electrons. The fourth-order valence-electron chi connectivity index (χ4n) is 5.28. The highest BCUT2D eigenvalue weighted by Gasteiger charge is 2.39. The van der Waals surface area contributed by atoms with Gasteiger partial charge in [-0.3, -0.25) is 19.6 Å². The molecule has 1 N–H and O–H groups in total. The summed E-state index contributed by atoms with van der Waals surface area (Å²) >= 11 is 0. The van der Waals surface area contributed by atoms with Crippen LogP contribution in [0.1, 0.15) is 42.1 Å². The van der Waals surface area contributed by atoms with E-state index in [-0.39, 0.29) is 23.5 Å². The molecule has 8 nitrogen and oxygen atoms in total. The Morgan fingerprint density at radius 1 is 1.27 bits per heavy atom. The lowest BCUT2D eigenvalue weighted by Crippen LogP contribution is -2.51. The van der Waals surface area contributed by atoms with Crippen LogP contribution in [0.3, 0.4) is 0 Å². The summed E-state index contributed by atoms with van der Waals surface area (Å²) in [4.78, 5) is 30.2. The van der Waals surface area contributed by atoms with E-state index in [0.717, 1.165) is 42.8 Å². The summed E-state index contributed by atoms with van der Waals surface area (Å²) in [6.07, 6.45) is 4.32. The lowest BCUT2D eigenvalue weighted by atomic mass is 9.82. The second kappa shape index (κ2) is 8.00. The van der Waals surface area contributed by atoms with Crippen LogP contribution in [-0.4, -0.2) is 63.3 Å². The molecule has 3 aliphatic rings. The third kappa shape index (κ3) is 3.70. The Bertz CT molecular complexity index is 964. The van der Waals surface area contributed by atoms with Crippen molar-refractivity contribution in [2.75, 3.05) is 26.7 Å². The van der Waals surface area contributed by atoms with E-state index >= 15 is 0 Å².